The molecule has 0 radical (unpaired) electrons. The number of H-pyrrole nitrogens is 1. The van der Waals surface area contributed by atoms with Crippen molar-refractivity contribution < 1.29 is 22.7 Å². The first kappa shape index (κ1) is 23.4. The number of ether oxygens (including phenoxy) is 1. The summed E-state index contributed by atoms with van der Waals surface area (Å²) in [4.78, 5) is 18.1. The number of halogens is 4. The summed E-state index contributed by atoms with van der Waals surface area (Å²) in [5, 5.41) is 3.53. The highest BCUT2D eigenvalue weighted by Crippen LogP contribution is 2.37. The van der Waals surface area contributed by atoms with Gasteiger partial charge in [0.15, 0.2) is 0 Å². The first-order chi connectivity index (χ1) is 15.7. The summed E-state index contributed by atoms with van der Waals surface area (Å²) in [7, 11) is 1.64. The molecular weight excluding hydrogens is 455 g/mol. The van der Waals surface area contributed by atoms with Gasteiger partial charge in [-0.05, 0) is 80.7 Å². The van der Waals surface area contributed by atoms with Crippen molar-refractivity contribution in [2.45, 2.75) is 37.9 Å². The maximum atomic E-state index is 13.3. The van der Waals surface area contributed by atoms with Crippen LogP contribution in [0.25, 0.3) is 10.9 Å². The molecule has 9 heteroatoms. The lowest BCUT2D eigenvalue weighted by Crippen LogP contribution is -2.45. The lowest BCUT2D eigenvalue weighted by Gasteiger charge is -2.35. The van der Waals surface area contributed by atoms with E-state index in [1.165, 1.54) is 17.7 Å². The summed E-state index contributed by atoms with van der Waals surface area (Å²) in [6.45, 7) is 3.06. The lowest BCUT2D eigenvalue weighted by atomic mass is 9.88. The molecule has 33 heavy (non-hydrogen) atoms. The van der Waals surface area contributed by atoms with E-state index in [4.69, 9.17) is 16.3 Å². The van der Waals surface area contributed by atoms with Crippen LogP contribution in [0.1, 0.15) is 36.8 Å². The normalized spacial score (nSPS) is 16.7. The molecule has 1 aromatic heterocycles. The minimum Gasteiger partial charge on any atom is -0.497 e. The number of fused-ring (bicyclic) bond motifs is 1. The van der Waals surface area contributed by atoms with Gasteiger partial charge in [0, 0.05) is 22.1 Å². The Balaban J connectivity index is 1.42. The van der Waals surface area contributed by atoms with Gasteiger partial charge in [0.25, 0.3) is 0 Å². The third kappa shape index (κ3) is 4.96. The Bertz CT molecular complexity index is 1150. The molecule has 1 atom stereocenters. The minimum atomic E-state index is -4.61. The number of nitrogens with zero attached hydrogens (tertiary/aromatic N) is 1. The van der Waals surface area contributed by atoms with Crippen molar-refractivity contribution in [3.8, 4) is 5.75 Å². The van der Waals surface area contributed by atoms with Crippen LogP contribution in [0.2, 0.25) is 5.02 Å². The number of carbonyl (C=O) groups is 1. The Morgan fingerprint density at radius 2 is 1.94 bits per heavy atom. The predicted molar refractivity (Wildman–Crippen MR) is 123 cm³/mol. The van der Waals surface area contributed by atoms with Crippen LogP contribution >= 0.6 is 11.6 Å². The highest BCUT2D eigenvalue weighted by Gasteiger charge is 2.35. The summed E-state index contributed by atoms with van der Waals surface area (Å²) in [6.07, 6.45) is -0.899. The van der Waals surface area contributed by atoms with Gasteiger partial charge in [-0.1, -0.05) is 11.6 Å². The second-order valence-electron chi connectivity index (χ2n) is 8.32. The molecule has 0 bridgehead atoms. The van der Waals surface area contributed by atoms with Gasteiger partial charge in [0.2, 0.25) is 5.91 Å². The number of rotatable bonds is 5. The van der Waals surface area contributed by atoms with Crippen LogP contribution in [0.4, 0.5) is 18.9 Å². The van der Waals surface area contributed by atoms with Gasteiger partial charge in [-0.15, -0.1) is 0 Å². The number of anilines is 1. The van der Waals surface area contributed by atoms with Crippen molar-refractivity contribution >= 4 is 34.1 Å². The molecule has 0 spiro atoms. The summed E-state index contributed by atoms with van der Waals surface area (Å²) in [6, 6.07) is 8.70. The van der Waals surface area contributed by atoms with E-state index in [0.29, 0.717) is 19.0 Å². The second-order valence-corrected chi connectivity index (χ2v) is 8.76. The number of alkyl halides is 3. The van der Waals surface area contributed by atoms with E-state index in [1.807, 2.05) is 29.3 Å². The van der Waals surface area contributed by atoms with Crippen molar-refractivity contribution in [3.63, 3.8) is 0 Å². The summed E-state index contributed by atoms with van der Waals surface area (Å²) >= 11 is 5.72. The van der Waals surface area contributed by atoms with Crippen molar-refractivity contribution in [2.24, 2.45) is 0 Å². The third-order valence-electron chi connectivity index (χ3n) is 6.36. The van der Waals surface area contributed by atoms with E-state index in [-0.39, 0.29) is 10.7 Å². The molecule has 0 aliphatic carbocycles. The van der Waals surface area contributed by atoms with Crippen LogP contribution in [0, 0.1) is 0 Å². The molecule has 1 unspecified atom stereocenters. The fourth-order valence-electron chi connectivity index (χ4n) is 4.45. The Labute approximate surface area is 194 Å². The average molecular weight is 480 g/mol. The average Bonchev–Trinajstić information content (AvgIpc) is 3.22. The molecule has 2 N–H and O–H groups in total. The zero-order valence-electron chi connectivity index (χ0n) is 18.3. The number of carbonyl (C=O) groups excluding carboxylic acids is 1. The van der Waals surface area contributed by atoms with E-state index in [1.54, 1.807) is 14.0 Å². The van der Waals surface area contributed by atoms with Crippen molar-refractivity contribution in [3.05, 3.63) is 58.7 Å². The molecule has 1 fully saturated rings. The summed E-state index contributed by atoms with van der Waals surface area (Å²) < 4.78 is 45.4. The smallest absolute Gasteiger partial charge is 0.418 e. The van der Waals surface area contributed by atoms with Crippen LogP contribution in [0.15, 0.2) is 42.6 Å². The molecule has 5 nitrogen and oxygen atoms in total. The number of benzene rings is 2. The fraction of sp³-hybridized carbons (Fsp3) is 0.375. The highest BCUT2D eigenvalue weighted by atomic mass is 35.5. The van der Waals surface area contributed by atoms with Crippen LogP contribution < -0.4 is 10.1 Å². The molecule has 1 aliphatic heterocycles. The molecule has 0 saturated carbocycles. The SMILES string of the molecule is COc1ccc2[nH]cc(C3CCN(C(C)C(=O)Nc4ccc(Cl)cc4C(F)(F)F)CC3)c2c1. The number of hydrogen-bond acceptors (Lipinski definition) is 3. The van der Waals surface area contributed by atoms with Crippen molar-refractivity contribution in [1.82, 2.24) is 9.88 Å². The predicted octanol–water partition coefficient (Wildman–Crippen LogP) is 6.06. The summed E-state index contributed by atoms with van der Waals surface area (Å²) in [5.41, 5.74) is 1.02. The number of aromatic nitrogens is 1. The number of aromatic amines is 1. The maximum absolute atomic E-state index is 13.3. The minimum absolute atomic E-state index is 0.0367. The van der Waals surface area contributed by atoms with Crippen LogP contribution in [0.5, 0.6) is 5.75 Å². The third-order valence-corrected chi connectivity index (χ3v) is 6.60. The van der Waals surface area contributed by atoms with Crippen LogP contribution in [0.3, 0.4) is 0 Å². The van der Waals surface area contributed by atoms with Gasteiger partial charge in [-0.3, -0.25) is 9.69 Å². The summed E-state index contributed by atoms with van der Waals surface area (Å²) in [5.74, 6) is 0.648. The van der Waals surface area contributed by atoms with Gasteiger partial charge in [0.05, 0.1) is 24.4 Å². The zero-order chi connectivity index (χ0) is 23.8. The molecule has 1 saturated heterocycles. The lowest BCUT2D eigenvalue weighted by molar-refractivity contribution is -0.137. The number of piperidine rings is 1. The topological polar surface area (TPSA) is 57.4 Å². The Kier molecular flexibility index (Phi) is 6.59. The molecule has 3 aromatic rings. The molecule has 176 valence electrons. The maximum Gasteiger partial charge on any atom is 0.418 e. The van der Waals surface area contributed by atoms with Crippen LogP contribution in [-0.2, 0) is 11.0 Å². The first-order valence-corrected chi connectivity index (χ1v) is 11.1. The second kappa shape index (κ2) is 9.27. The van der Waals surface area contributed by atoms with Gasteiger partial charge in [-0.25, -0.2) is 0 Å². The number of likely N-dealkylation sites (tertiary alicyclic amines) is 1. The molecule has 2 aromatic carbocycles. The molecule has 1 amide bonds. The quantitative estimate of drug-likeness (QED) is 0.468. The first-order valence-electron chi connectivity index (χ1n) is 10.7. The van der Waals surface area contributed by atoms with Gasteiger partial charge < -0.3 is 15.0 Å². The van der Waals surface area contributed by atoms with Gasteiger partial charge in [0.1, 0.15) is 5.75 Å². The monoisotopic (exact) mass is 479 g/mol. The number of amides is 1. The van der Waals surface area contributed by atoms with Gasteiger partial charge >= 0.3 is 6.18 Å². The molecule has 1 aliphatic rings. The van der Waals surface area contributed by atoms with Crippen molar-refractivity contribution in [1.29, 1.82) is 0 Å². The molecule has 2 heterocycles. The van der Waals surface area contributed by atoms with E-state index >= 15 is 0 Å². The number of nitrogens with one attached hydrogen (secondary N) is 2. The van der Waals surface area contributed by atoms with E-state index in [0.717, 1.165) is 35.6 Å². The van der Waals surface area contributed by atoms with E-state index < -0.39 is 23.7 Å². The Hall–Kier alpha value is -2.71. The highest BCUT2D eigenvalue weighted by molar-refractivity contribution is 6.30. The Morgan fingerprint density at radius 3 is 2.61 bits per heavy atom. The zero-order valence-corrected chi connectivity index (χ0v) is 19.1. The standard InChI is InChI=1S/C24H25ClF3N3O2/c1-14(23(32)30-22-5-3-16(25)11-20(22)24(26,27)28)31-9-7-15(8-10-31)19-13-29-21-6-4-17(33-2)12-18(19)21/h3-6,11-15,29H,7-10H2,1-2H3,(H,30,32). The number of hydrogen-bond donors (Lipinski definition) is 2. The van der Waals surface area contributed by atoms with Crippen LogP contribution in [-0.4, -0.2) is 42.0 Å². The largest absolute Gasteiger partial charge is 0.497 e. The Morgan fingerprint density at radius 1 is 1.21 bits per heavy atom. The fourth-order valence-corrected chi connectivity index (χ4v) is 4.62. The van der Waals surface area contributed by atoms with Gasteiger partial charge in [-0.2, -0.15) is 13.2 Å². The molecular formula is C24H25ClF3N3O2. The van der Waals surface area contributed by atoms with E-state index in [9.17, 15) is 18.0 Å². The molecule has 4 rings (SSSR count). The number of methoxy groups -OCH3 is 1. The van der Waals surface area contributed by atoms with Crippen molar-refractivity contribution in [2.75, 3.05) is 25.5 Å². The van der Waals surface area contributed by atoms with E-state index in [2.05, 4.69) is 10.3 Å².